The van der Waals surface area contributed by atoms with E-state index in [0.717, 1.165) is 43.2 Å². The molecule has 1 aromatic carbocycles. The third kappa shape index (κ3) is 3.48. The van der Waals surface area contributed by atoms with Crippen LogP contribution in [-0.2, 0) is 6.54 Å². The predicted molar refractivity (Wildman–Crippen MR) is 96.9 cm³/mol. The van der Waals surface area contributed by atoms with Crippen molar-refractivity contribution in [2.24, 2.45) is 0 Å². The van der Waals surface area contributed by atoms with E-state index in [1.807, 2.05) is 55.7 Å². The van der Waals surface area contributed by atoms with E-state index in [0.29, 0.717) is 11.9 Å². The zero-order chi connectivity index (χ0) is 17.1. The van der Waals surface area contributed by atoms with Gasteiger partial charge in [-0.2, -0.15) is 0 Å². The lowest BCUT2D eigenvalue weighted by molar-refractivity contribution is 0.151. The first kappa shape index (κ1) is 16.0. The van der Waals surface area contributed by atoms with E-state index >= 15 is 0 Å². The number of hydrogen-bond donors (Lipinski definition) is 1. The fourth-order valence-electron chi connectivity index (χ4n) is 3.31. The number of piperazine rings is 1. The molecule has 1 saturated heterocycles. The molecule has 25 heavy (non-hydrogen) atoms. The molecule has 3 heterocycles. The Morgan fingerprint density at radius 3 is 2.88 bits per heavy atom. The molecule has 1 N–H and O–H groups in total. The number of rotatable bonds is 4. The Kier molecular flexibility index (Phi) is 4.59. The van der Waals surface area contributed by atoms with E-state index in [1.165, 1.54) is 5.56 Å². The molecule has 1 aliphatic rings. The van der Waals surface area contributed by atoms with Gasteiger partial charge in [-0.15, -0.1) is 0 Å². The third-order valence-corrected chi connectivity index (χ3v) is 4.69. The van der Waals surface area contributed by atoms with Crippen molar-refractivity contribution in [1.82, 2.24) is 20.2 Å². The molecular formula is C20H22N4O. The molecule has 0 aliphatic carbocycles. The number of aryl methyl sites for hydroxylation is 1. The Hall–Kier alpha value is -2.50. The Morgan fingerprint density at radius 1 is 1.20 bits per heavy atom. The number of benzene rings is 1. The summed E-state index contributed by atoms with van der Waals surface area (Å²) in [6, 6.07) is 14.5. The minimum absolute atomic E-state index is 0.304. The molecule has 0 radical (unpaired) electrons. The van der Waals surface area contributed by atoms with Gasteiger partial charge in [-0.3, -0.25) is 9.88 Å². The Bertz CT molecular complexity index is 816. The maximum absolute atomic E-state index is 5.92. The Morgan fingerprint density at radius 2 is 2.08 bits per heavy atom. The summed E-state index contributed by atoms with van der Waals surface area (Å²) in [5.41, 5.74) is 3.26. The molecule has 3 aromatic rings. The van der Waals surface area contributed by atoms with Crippen molar-refractivity contribution >= 4 is 0 Å². The van der Waals surface area contributed by atoms with Crippen molar-refractivity contribution in [2.45, 2.75) is 19.5 Å². The second-order valence-electron chi connectivity index (χ2n) is 6.36. The van der Waals surface area contributed by atoms with Crippen LogP contribution in [0.2, 0.25) is 0 Å². The standard InChI is InChI=1S/C20H22N4O/c1-15-18(23-20(25-15)16-6-3-2-4-7-16)14-24-11-10-22-13-19(24)17-8-5-9-21-12-17/h2-9,12,19,22H,10-11,13-14H2,1H3. The topological polar surface area (TPSA) is 54.2 Å². The predicted octanol–water partition coefficient (Wildman–Crippen LogP) is 3.19. The van der Waals surface area contributed by atoms with E-state index in [2.05, 4.69) is 21.3 Å². The smallest absolute Gasteiger partial charge is 0.226 e. The van der Waals surface area contributed by atoms with Gasteiger partial charge in [0.05, 0.1) is 5.69 Å². The summed E-state index contributed by atoms with van der Waals surface area (Å²) < 4.78 is 5.92. The molecule has 0 amide bonds. The molecule has 1 atom stereocenters. The summed E-state index contributed by atoms with van der Waals surface area (Å²) in [5, 5.41) is 3.48. The second kappa shape index (κ2) is 7.17. The fraction of sp³-hybridized carbons (Fsp3) is 0.300. The van der Waals surface area contributed by atoms with E-state index in [1.54, 1.807) is 0 Å². The molecule has 1 aliphatic heterocycles. The van der Waals surface area contributed by atoms with Crippen molar-refractivity contribution < 1.29 is 4.42 Å². The first-order valence-electron chi connectivity index (χ1n) is 8.67. The Balaban J connectivity index is 1.57. The van der Waals surface area contributed by atoms with Gasteiger partial charge in [0.25, 0.3) is 0 Å². The molecule has 0 spiro atoms. The monoisotopic (exact) mass is 334 g/mol. The van der Waals surface area contributed by atoms with E-state index < -0.39 is 0 Å². The maximum atomic E-state index is 5.92. The molecule has 4 rings (SSSR count). The van der Waals surface area contributed by atoms with Crippen LogP contribution in [0.4, 0.5) is 0 Å². The number of oxazole rings is 1. The van der Waals surface area contributed by atoms with Crippen molar-refractivity contribution in [3.05, 3.63) is 71.9 Å². The number of pyridine rings is 1. The normalized spacial score (nSPS) is 18.4. The van der Waals surface area contributed by atoms with Gasteiger partial charge in [-0.25, -0.2) is 4.98 Å². The first-order chi connectivity index (χ1) is 12.3. The Labute approximate surface area is 147 Å². The van der Waals surface area contributed by atoms with Crippen LogP contribution in [0.5, 0.6) is 0 Å². The largest absolute Gasteiger partial charge is 0.441 e. The number of aromatic nitrogens is 2. The van der Waals surface area contributed by atoms with Crippen LogP contribution in [-0.4, -0.2) is 34.5 Å². The van der Waals surface area contributed by atoms with E-state index in [-0.39, 0.29) is 0 Å². The highest BCUT2D eigenvalue weighted by atomic mass is 16.4. The van der Waals surface area contributed by atoms with Gasteiger partial charge < -0.3 is 9.73 Å². The first-order valence-corrected chi connectivity index (χ1v) is 8.67. The minimum atomic E-state index is 0.304. The van der Waals surface area contributed by atoms with Gasteiger partial charge in [0, 0.05) is 50.2 Å². The molecule has 0 saturated carbocycles. The quantitative estimate of drug-likeness (QED) is 0.794. The zero-order valence-corrected chi connectivity index (χ0v) is 14.4. The van der Waals surface area contributed by atoms with Gasteiger partial charge in [-0.1, -0.05) is 24.3 Å². The summed E-state index contributed by atoms with van der Waals surface area (Å²) in [6.45, 7) is 5.67. The van der Waals surface area contributed by atoms with Crippen LogP contribution in [0.25, 0.3) is 11.5 Å². The lowest BCUT2D eigenvalue weighted by atomic mass is 10.1. The lowest BCUT2D eigenvalue weighted by Crippen LogP contribution is -2.45. The third-order valence-electron chi connectivity index (χ3n) is 4.69. The van der Waals surface area contributed by atoms with Crippen LogP contribution < -0.4 is 5.32 Å². The van der Waals surface area contributed by atoms with Crippen LogP contribution >= 0.6 is 0 Å². The number of hydrogen-bond acceptors (Lipinski definition) is 5. The highest BCUT2D eigenvalue weighted by Gasteiger charge is 2.25. The van der Waals surface area contributed by atoms with Crippen molar-refractivity contribution in [2.75, 3.05) is 19.6 Å². The highest BCUT2D eigenvalue weighted by Crippen LogP contribution is 2.26. The molecule has 1 fully saturated rings. The molecule has 2 aromatic heterocycles. The van der Waals surface area contributed by atoms with Crippen LogP contribution in [0.3, 0.4) is 0 Å². The molecule has 128 valence electrons. The highest BCUT2D eigenvalue weighted by molar-refractivity contribution is 5.53. The molecule has 5 nitrogen and oxygen atoms in total. The molecule has 5 heteroatoms. The van der Waals surface area contributed by atoms with Gasteiger partial charge in [0.2, 0.25) is 5.89 Å². The fourth-order valence-corrected chi connectivity index (χ4v) is 3.31. The van der Waals surface area contributed by atoms with Crippen LogP contribution in [0.1, 0.15) is 23.1 Å². The van der Waals surface area contributed by atoms with Crippen molar-refractivity contribution in [1.29, 1.82) is 0 Å². The second-order valence-corrected chi connectivity index (χ2v) is 6.36. The average Bonchev–Trinajstić information content (AvgIpc) is 3.04. The maximum Gasteiger partial charge on any atom is 0.226 e. The lowest BCUT2D eigenvalue weighted by Gasteiger charge is -2.35. The van der Waals surface area contributed by atoms with Crippen molar-refractivity contribution in [3.8, 4) is 11.5 Å². The van der Waals surface area contributed by atoms with Crippen LogP contribution in [0, 0.1) is 6.92 Å². The summed E-state index contributed by atoms with van der Waals surface area (Å²) >= 11 is 0. The summed E-state index contributed by atoms with van der Waals surface area (Å²) in [7, 11) is 0. The molecule has 1 unspecified atom stereocenters. The average molecular weight is 334 g/mol. The van der Waals surface area contributed by atoms with Gasteiger partial charge in [0.1, 0.15) is 5.76 Å². The molecular weight excluding hydrogens is 312 g/mol. The van der Waals surface area contributed by atoms with Crippen molar-refractivity contribution in [3.63, 3.8) is 0 Å². The SMILES string of the molecule is Cc1oc(-c2ccccc2)nc1CN1CCNCC1c1cccnc1. The number of nitrogens with one attached hydrogen (secondary N) is 1. The van der Waals surface area contributed by atoms with Gasteiger partial charge in [0.15, 0.2) is 0 Å². The molecule has 0 bridgehead atoms. The van der Waals surface area contributed by atoms with E-state index in [9.17, 15) is 0 Å². The summed E-state index contributed by atoms with van der Waals surface area (Å²) in [5.74, 6) is 1.59. The number of nitrogens with zero attached hydrogens (tertiary/aromatic N) is 3. The van der Waals surface area contributed by atoms with Crippen LogP contribution in [0.15, 0.2) is 59.3 Å². The van der Waals surface area contributed by atoms with Gasteiger partial charge in [-0.05, 0) is 30.7 Å². The van der Waals surface area contributed by atoms with E-state index in [4.69, 9.17) is 9.40 Å². The minimum Gasteiger partial charge on any atom is -0.441 e. The summed E-state index contributed by atoms with van der Waals surface area (Å²) in [4.78, 5) is 11.5. The van der Waals surface area contributed by atoms with Gasteiger partial charge >= 0.3 is 0 Å². The summed E-state index contributed by atoms with van der Waals surface area (Å²) in [6.07, 6.45) is 3.77. The zero-order valence-electron chi connectivity index (χ0n) is 14.4.